The van der Waals surface area contributed by atoms with Gasteiger partial charge in [0.2, 0.25) is 0 Å². The van der Waals surface area contributed by atoms with Gasteiger partial charge in [-0.3, -0.25) is 4.90 Å². The predicted octanol–water partition coefficient (Wildman–Crippen LogP) is 4.52. The molecule has 0 aromatic heterocycles. The Bertz CT molecular complexity index is 1460. The lowest BCUT2D eigenvalue weighted by atomic mass is 9.81. The highest BCUT2D eigenvalue weighted by molar-refractivity contribution is 6.06. The van der Waals surface area contributed by atoms with Crippen LogP contribution in [0.3, 0.4) is 0 Å². The minimum atomic E-state index is -1.01. The van der Waals surface area contributed by atoms with Crippen molar-refractivity contribution in [2.45, 2.75) is 5.92 Å². The number of nitrogens with zero attached hydrogens (tertiary/aromatic N) is 2. The molecular weight excluding hydrogens is 477 g/mol. The Morgan fingerprint density at radius 3 is 2.11 bits per heavy atom. The number of methoxy groups -OCH3 is 2. The standard InChI is InChI=1S/C28H22FN3O5/c1-35-27(33)24-23(17-10-4-3-5-11-17)18(16-30)26(31)32(25(24)28(34)36-2)20-13-7-9-15-22(20)37-21-14-8-6-12-19(21)29/h3-15,23H,31H2,1-2H3. The number of carbonyl (C=O) groups excluding carboxylic acids is 2. The fraction of sp³-hybridized carbons (Fsp3) is 0.107. The lowest BCUT2D eigenvalue weighted by Gasteiger charge is -2.36. The molecule has 0 saturated carbocycles. The summed E-state index contributed by atoms with van der Waals surface area (Å²) in [5.41, 5.74) is 6.84. The quantitative estimate of drug-likeness (QED) is 0.493. The van der Waals surface area contributed by atoms with E-state index in [0.717, 1.165) is 7.11 Å². The lowest BCUT2D eigenvalue weighted by molar-refractivity contribution is -0.139. The number of halogens is 1. The maximum absolute atomic E-state index is 14.4. The van der Waals surface area contributed by atoms with E-state index in [0.29, 0.717) is 5.56 Å². The number of hydrogen-bond acceptors (Lipinski definition) is 8. The van der Waals surface area contributed by atoms with E-state index in [1.54, 1.807) is 54.6 Å². The van der Waals surface area contributed by atoms with Crippen molar-refractivity contribution in [2.75, 3.05) is 19.1 Å². The fourth-order valence-corrected chi connectivity index (χ4v) is 4.14. The van der Waals surface area contributed by atoms with Gasteiger partial charge in [-0.2, -0.15) is 5.26 Å². The first-order valence-electron chi connectivity index (χ1n) is 11.1. The molecule has 186 valence electrons. The first kappa shape index (κ1) is 25.0. The molecule has 2 N–H and O–H groups in total. The topological polar surface area (TPSA) is 115 Å². The molecule has 0 saturated heterocycles. The maximum Gasteiger partial charge on any atom is 0.355 e. The van der Waals surface area contributed by atoms with Crippen molar-refractivity contribution < 1.29 is 28.2 Å². The van der Waals surface area contributed by atoms with Crippen molar-refractivity contribution in [3.63, 3.8) is 0 Å². The molecular formula is C28H22FN3O5. The number of ether oxygens (including phenoxy) is 3. The summed E-state index contributed by atoms with van der Waals surface area (Å²) in [4.78, 5) is 27.6. The van der Waals surface area contributed by atoms with Crippen LogP contribution in [-0.4, -0.2) is 26.2 Å². The van der Waals surface area contributed by atoms with Crippen molar-refractivity contribution in [3.8, 4) is 17.6 Å². The van der Waals surface area contributed by atoms with E-state index in [2.05, 4.69) is 6.07 Å². The van der Waals surface area contributed by atoms with Crippen LogP contribution in [0.15, 0.2) is 102 Å². The van der Waals surface area contributed by atoms with Gasteiger partial charge >= 0.3 is 11.9 Å². The SMILES string of the molecule is COC(=O)C1=C(C(=O)OC)N(c2ccccc2Oc2ccccc2F)C(N)=C(C#N)C1c1ccccc1. The number of benzene rings is 3. The molecule has 9 heteroatoms. The highest BCUT2D eigenvalue weighted by Gasteiger charge is 2.43. The molecule has 1 unspecified atom stereocenters. The second kappa shape index (κ2) is 10.7. The molecule has 0 amide bonds. The Labute approximate surface area is 212 Å². The van der Waals surface area contributed by atoms with E-state index in [-0.39, 0.29) is 39.9 Å². The lowest BCUT2D eigenvalue weighted by Crippen LogP contribution is -2.40. The Hall–Kier alpha value is -5.10. The van der Waals surface area contributed by atoms with Gasteiger partial charge in [0.15, 0.2) is 17.3 Å². The molecule has 1 aliphatic rings. The van der Waals surface area contributed by atoms with Crippen molar-refractivity contribution in [2.24, 2.45) is 5.73 Å². The summed E-state index contributed by atoms with van der Waals surface area (Å²) < 4.78 is 30.3. The summed E-state index contributed by atoms with van der Waals surface area (Å²) >= 11 is 0. The first-order chi connectivity index (χ1) is 17.9. The second-order valence-corrected chi connectivity index (χ2v) is 7.84. The molecule has 1 aliphatic heterocycles. The van der Waals surface area contributed by atoms with Gasteiger partial charge in [-0.15, -0.1) is 0 Å². The van der Waals surface area contributed by atoms with Gasteiger partial charge in [0.05, 0.1) is 43.0 Å². The van der Waals surface area contributed by atoms with Crippen LogP contribution in [0, 0.1) is 17.1 Å². The average molecular weight is 499 g/mol. The molecule has 4 rings (SSSR count). The Kier molecular flexibility index (Phi) is 7.21. The van der Waals surface area contributed by atoms with Crippen molar-refractivity contribution in [1.82, 2.24) is 0 Å². The molecule has 8 nitrogen and oxygen atoms in total. The van der Waals surface area contributed by atoms with Gasteiger partial charge in [0.1, 0.15) is 11.5 Å². The number of rotatable bonds is 6. The zero-order valence-electron chi connectivity index (χ0n) is 20.0. The van der Waals surface area contributed by atoms with Crippen molar-refractivity contribution in [1.29, 1.82) is 5.26 Å². The Morgan fingerprint density at radius 2 is 1.49 bits per heavy atom. The van der Waals surface area contributed by atoms with Crippen LogP contribution in [0.25, 0.3) is 0 Å². The number of anilines is 1. The minimum Gasteiger partial charge on any atom is -0.466 e. The molecule has 3 aromatic rings. The zero-order chi connectivity index (χ0) is 26.5. The van der Waals surface area contributed by atoms with Crippen LogP contribution in [0.5, 0.6) is 11.5 Å². The summed E-state index contributed by atoms with van der Waals surface area (Å²) in [6.45, 7) is 0. The number of esters is 2. The summed E-state index contributed by atoms with van der Waals surface area (Å²) in [7, 11) is 2.32. The maximum atomic E-state index is 14.4. The van der Waals surface area contributed by atoms with Crippen molar-refractivity contribution >= 4 is 17.6 Å². The number of nitriles is 1. The predicted molar refractivity (Wildman–Crippen MR) is 132 cm³/mol. The van der Waals surface area contributed by atoms with Gasteiger partial charge in [0, 0.05) is 0 Å². The molecule has 1 heterocycles. The third kappa shape index (κ3) is 4.60. The smallest absolute Gasteiger partial charge is 0.355 e. The van der Waals surface area contributed by atoms with Crippen LogP contribution in [0.1, 0.15) is 11.5 Å². The van der Waals surface area contributed by atoms with E-state index in [1.807, 2.05) is 0 Å². The summed E-state index contributed by atoms with van der Waals surface area (Å²) in [6.07, 6.45) is 0. The molecule has 0 bridgehead atoms. The monoisotopic (exact) mass is 499 g/mol. The molecule has 0 spiro atoms. The number of para-hydroxylation sites is 3. The number of hydrogen-bond donors (Lipinski definition) is 1. The Balaban J connectivity index is 2.02. The van der Waals surface area contributed by atoms with Gasteiger partial charge < -0.3 is 19.9 Å². The van der Waals surface area contributed by atoms with E-state index in [4.69, 9.17) is 19.9 Å². The van der Waals surface area contributed by atoms with Crippen LogP contribution >= 0.6 is 0 Å². The molecule has 0 fully saturated rings. The van der Waals surface area contributed by atoms with Crippen LogP contribution in [0.4, 0.5) is 10.1 Å². The first-order valence-corrected chi connectivity index (χ1v) is 11.1. The van der Waals surface area contributed by atoms with Crippen LogP contribution in [-0.2, 0) is 19.1 Å². The second-order valence-electron chi connectivity index (χ2n) is 7.84. The summed E-state index contributed by atoms with van der Waals surface area (Å²) in [5, 5.41) is 10.2. The molecule has 0 radical (unpaired) electrons. The van der Waals surface area contributed by atoms with Gasteiger partial charge in [-0.1, -0.05) is 54.6 Å². The summed E-state index contributed by atoms with van der Waals surface area (Å²) in [6, 6.07) is 22.9. The van der Waals surface area contributed by atoms with Crippen LogP contribution < -0.4 is 15.4 Å². The Morgan fingerprint density at radius 1 is 0.892 bits per heavy atom. The van der Waals surface area contributed by atoms with Crippen molar-refractivity contribution in [3.05, 3.63) is 113 Å². The van der Waals surface area contributed by atoms with E-state index in [9.17, 15) is 19.2 Å². The van der Waals surface area contributed by atoms with E-state index in [1.165, 1.54) is 36.3 Å². The molecule has 0 aliphatic carbocycles. The van der Waals surface area contributed by atoms with Crippen LogP contribution in [0.2, 0.25) is 0 Å². The molecule has 3 aromatic carbocycles. The highest BCUT2D eigenvalue weighted by Crippen LogP contribution is 2.45. The van der Waals surface area contributed by atoms with E-state index >= 15 is 0 Å². The van der Waals surface area contributed by atoms with Gasteiger partial charge in [-0.05, 0) is 29.8 Å². The fourth-order valence-electron chi connectivity index (χ4n) is 4.14. The third-order valence-electron chi connectivity index (χ3n) is 5.77. The largest absolute Gasteiger partial charge is 0.466 e. The van der Waals surface area contributed by atoms with Gasteiger partial charge in [0.25, 0.3) is 0 Å². The number of allylic oxidation sites excluding steroid dienone is 1. The van der Waals surface area contributed by atoms with Gasteiger partial charge in [-0.25, -0.2) is 14.0 Å². The van der Waals surface area contributed by atoms with E-state index < -0.39 is 23.7 Å². The average Bonchev–Trinajstić information content (AvgIpc) is 2.93. The minimum absolute atomic E-state index is 0.0000483. The molecule has 1 atom stereocenters. The normalized spacial score (nSPS) is 15.2. The number of carbonyl (C=O) groups is 2. The number of nitrogens with two attached hydrogens (primary N) is 1. The molecule has 37 heavy (non-hydrogen) atoms. The zero-order valence-corrected chi connectivity index (χ0v) is 20.0. The third-order valence-corrected chi connectivity index (χ3v) is 5.77. The summed E-state index contributed by atoms with van der Waals surface area (Å²) in [5.74, 6) is -3.47. The highest BCUT2D eigenvalue weighted by atomic mass is 19.1.